The Bertz CT molecular complexity index is 409. The fourth-order valence-electron chi connectivity index (χ4n) is 1.48. The number of carbonyl (C=O) groups is 1. The summed E-state index contributed by atoms with van der Waals surface area (Å²) in [5.74, 6) is -0.556. The van der Waals surface area contributed by atoms with E-state index in [4.69, 9.17) is 11.6 Å². The van der Waals surface area contributed by atoms with Crippen LogP contribution < -0.4 is 0 Å². The molecule has 0 bridgehead atoms. The van der Waals surface area contributed by atoms with E-state index in [-0.39, 0.29) is 18.3 Å². The largest absolute Gasteiger partial charge is 0.469 e. The molecule has 0 fully saturated rings. The van der Waals surface area contributed by atoms with E-state index in [9.17, 15) is 9.90 Å². The van der Waals surface area contributed by atoms with Gasteiger partial charge in [-0.1, -0.05) is 24.6 Å². The maximum atomic E-state index is 11.1. The zero-order chi connectivity index (χ0) is 13.0. The molecule has 0 heterocycles. The molecule has 0 spiro atoms. The van der Waals surface area contributed by atoms with Gasteiger partial charge in [-0.2, -0.15) is 0 Å². The maximum absolute atomic E-state index is 11.1. The van der Waals surface area contributed by atoms with Crippen LogP contribution in [0.25, 0.3) is 0 Å². The van der Waals surface area contributed by atoms with Crippen molar-refractivity contribution < 1.29 is 14.6 Å². The molecule has 0 radical (unpaired) electrons. The second-order valence-electron chi connectivity index (χ2n) is 3.88. The third-order valence-electron chi connectivity index (χ3n) is 2.54. The van der Waals surface area contributed by atoms with E-state index in [1.54, 1.807) is 25.1 Å². The Morgan fingerprint density at radius 2 is 2.24 bits per heavy atom. The van der Waals surface area contributed by atoms with Crippen LogP contribution in [0.3, 0.4) is 0 Å². The highest BCUT2D eigenvalue weighted by molar-refractivity contribution is 9.10. The zero-order valence-corrected chi connectivity index (χ0v) is 12.0. The lowest BCUT2D eigenvalue weighted by Crippen LogP contribution is -2.14. The third kappa shape index (κ3) is 3.98. The molecule has 0 aliphatic heterocycles. The number of ether oxygens (including phenoxy) is 1. The standard InChI is InChI=1S/C12H14BrClO3/c1-7(5-11(15)17-2)12(16)8-3-4-9(13)10(14)6-8/h3-4,6-7,12,16H,5H2,1-2H3. The van der Waals surface area contributed by atoms with Crippen molar-refractivity contribution in [3.63, 3.8) is 0 Å². The van der Waals surface area contributed by atoms with Gasteiger partial charge in [0.1, 0.15) is 0 Å². The highest BCUT2D eigenvalue weighted by Gasteiger charge is 2.20. The Morgan fingerprint density at radius 3 is 2.76 bits per heavy atom. The molecule has 1 aromatic rings. The number of carbonyl (C=O) groups excluding carboxylic acids is 1. The molecule has 1 N–H and O–H groups in total. The first kappa shape index (κ1) is 14.5. The van der Waals surface area contributed by atoms with Gasteiger partial charge in [0.25, 0.3) is 0 Å². The van der Waals surface area contributed by atoms with E-state index in [0.29, 0.717) is 10.6 Å². The van der Waals surface area contributed by atoms with Crippen LogP contribution in [0.1, 0.15) is 25.0 Å². The first-order valence-electron chi connectivity index (χ1n) is 5.15. The predicted octanol–water partition coefficient (Wildman–Crippen LogP) is 3.34. The first-order chi connectivity index (χ1) is 7.95. The van der Waals surface area contributed by atoms with E-state index in [1.165, 1.54) is 7.11 Å². The molecule has 17 heavy (non-hydrogen) atoms. The molecule has 2 atom stereocenters. The van der Waals surface area contributed by atoms with Crippen molar-refractivity contribution in [1.29, 1.82) is 0 Å². The zero-order valence-electron chi connectivity index (χ0n) is 9.61. The molecule has 0 aliphatic rings. The molecular weight excluding hydrogens is 307 g/mol. The first-order valence-corrected chi connectivity index (χ1v) is 6.32. The van der Waals surface area contributed by atoms with Gasteiger partial charge in [0, 0.05) is 4.47 Å². The lowest BCUT2D eigenvalue weighted by molar-refractivity contribution is -0.142. The van der Waals surface area contributed by atoms with E-state index >= 15 is 0 Å². The molecule has 3 nitrogen and oxygen atoms in total. The van der Waals surface area contributed by atoms with E-state index in [2.05, 4.69) is 20.7 Å². The third-order valence-corrected chi connectivity index (χ3v) is 3.77. The van der Waals surface area contributed by atoms with Crippen molar-refractivity contribution in [2.24, 2.45) is 5.92 Å². The summed E-state index contributed by atoms with van der Waals surface area (Å²) in [7, 11) is 1.33. The smallest absolute Gasteiger partial charge is 0.305 e. The summed E-state index contributed by atoms with van der Waals surface area (Å²) in [5, 5.41) is 10.6. The number of rotatable bonds is 4. The minimum absolute atomic E-state index is 0.172. The van der Waals surface area contributed by atoms with Gasteiger partial charge in [0.2, 0.25) is 0 Å². The van der Waals surface area contributed by atoms with Crippen LogP contribution >= 0.6 is 27.5 Å². The number of hydrogen-bond donors (Lipinski definition) is 1. The molecule has 0 amide bonds. The Balaban J connectivity index is 2.77. The van der Waals surface area contributed by atoms with Crippen LogP contribution in [0.4, 0.5) is 0 Å². The summed E-state index contributed by atoms with van der Waals surface area (Å²) < 4.78 is 5.34. The van der Waals surface area contributed by atoms with Crippen molar-refractivity contribution in [3.05, 3.63) is 33.3 Å². The predicted molar refractivity (Wildman–Crippen MR) is 69.9 cm³/mol. The lowest BCUT2D eigenvalue weighted by Gasteiger charge is -2.18. The van der Waals surface area contributed by atoms with Gasteiger partial charge in [-0.15, -0.1) is 0 Å². The van der Waals surface area contributed by atoms with Crippen LogP contribution in [0.15, 0.2) is 22.7 Å². The Kier molecular flexibility index (Phi) is 5.43. The molecule has 1 rings (SSSR count). The minimum Gasteiger partial charge on any atom is -0.469 e. The number of hydrogen-bond acceptors (Lipinski definition) is 3. The van der Waals surface area contributed by atoms with E-state index in [0.717, 1.165) is 4.47 Å². The number of esters is 1. The van der Waals surface area contributed by atoms with Gasteiger partial charge < -0.3 is 9.84 Å². The van der Waals surface area contributed by atoms with E-state index < -0.39 is 6.10 Å². The number of methoxy groups -OCH3 is 1. The summed E-state index contributed by atoms with van der Waals surface area (Å²) in [6, 6.07) is 5.23. The van der Waals surface area contributed by atoms with Crippen molar-refractivity contribution in [1.82, 2.24) is 0 Å². The van der Waals surface area contributed by atoms with Gasteiger partial charge in [-0.05, 0) is 39.5 Å². The molecular formula is C12H14BrClO3. The van der Waals surface area contributed by atoms with Crippen molar-refractivity contribution >= 4 is 33.5 Å². The van der Waals surface area contributed by atoms with Crippen molar-refractivity contribution in [2.75, 3.05) is 7.11 Å². The van der Waals surface area contributed by atoms with Gasteiger partial charge >= 0.3 is 5.97 Å². The summed E-state index contributed by atoms with van der Waals surface area (Å²) in [5.41, 5.74) is 0.689. The Morgan fingerprint density at radius 1 is 1.59 bits per heavy atom. The average molecular weight is 322 g/mol. The van der Waals surface area contributed by atoms with E-state index in [1.807, 2.05) is 0 Å². The topological polar surface area (TPSA) is 46.5 Å². The fourth-order valence-corrected chi connectivity index (χ4v) is 1.92. The highest BCUT2D eigenvalue weighted by atomic mass is 79.9. The van der Waals surface area contributed by atoms with Crippen molar-refractivity contribution in [3.8, 4) is 0 Å². The number of aliphatic hydroxyl groups excluding tert-OH is 1. The Labute approximate surface area is 114 Å². The fraction of sp³-hybridized carbons (Fsp3) is 0.417. The SMILES string of the molecule is COC(=O)CC(C)C(O)c1ccc(Br)c(Cl)c1. The van der Waals surface area contributed by atoms with Crippen LogP contribution in [0, 0.1) is 5.92 Å². The van der Waals surface area contributed by atoms with Crippen molar-refractivity contribution in [2.45, 2.75) is 19.4 Å². The number of benzene rings is 1. The number of halogens is 2. The van der Waals surface area contributed by atoms with Gasteiger partial charge in [-0.25, -0.2) is 0 Å². The Hall–Kier alpha value is -0.580. The van der Waals surface area contributed by atoms with Crippen LogP contribution in [-0.4, -0.2) is 18.2 Å². The summed E-state index contributed by atoms with van der Waals surface area (Å²) in [6.07, 6.45) is -0.564. The molecule has 0 aromatic heterocycles. The van der Waals surface area contributed by atoms with Crippen LogP contribution in [0.2, 0.25) is 5.02 Å². The molecule has 5 heteroatoms. The van der Waals surface area contributed by atoms with Gasteiger partial charge in [-0.3, -0.25) is 4.79 Å². The van der Waals surface area contributed by atoms with Crippen LogP contribution in [0.5, 0.6) is 0 Å². The second-order valence-corrected chi connectivity index (χ2v) is 5.14. The minimum atomic E-state index is -0.736. The quantitative estimate of drug-likeness (QED) is 0.865. The normalized spacial score (nSPS) is 14.2. The molecule has 94 valence electrons. The molecule has 0 saturated heterocycles. The summed E-state index contributed by atoms with van der Waals surface area (Å²) in [4.78, 5) is 11.1. The molecule has 0 saturated carbocycles. The molecule has 2 unspecified atom stereocenters. The highest BCUT2D eigenvalue weighted by Crippen LogP contribution is 2.30. The summed E-state index contributed by atoms with van der Waals surface area (Å²) in [6.45, 7) is 1.79. The number of aliphatic hydroxyl groups is 1. The monoisotopic (exact) mass is 320 g/mol. The molecule has 1 aromatic carbocycles. The summed E-state index contributed by atoms with van der Waals surface area (Å²) >= 11 is 9.23. The van der Waals surface area contributed by atoms with Crippen LogP contribution in [-0.2, 0) is 9.53 Å². The van der Waals surface area contributed by atoms with Gasteiger partial charge in [0.05, 0.1) is 24.7 Å². The second kappa shape index (κ2) is 6.38. The van der Waals surface area contributed by atoms with Gasteiger partial charge in [0.15, 0.2) is 0 Å². The lowest BCUT2D eigenvalue weighted by atomic mass is 9.95. The molecule has 0 aliphatic carbocycles. The average Bonchev–Trinajstić information content (AvgIpc) is 2.31. The maximum Gasteiger partial charge on any atom is 0.305 e.